The van der Waals surface area contributed by atoms with E-state index in [9.17, 15) is 9.59 Å². The van der Waals surface area contributed by atoms with Crippen molar-refractivity contribution in [1.82, 2.24) is 14.5 Å². The van der Waals surface area contributed by atoms with Gasteiger partial charge in [-0.25, -0.2) is 9.37 Å². The fourth-order valence-corrected chi connectivity index (χ4v) is 5.17. The lowest BCUT2D eigenvalue weighted by Gasteiger charge is -2.16. The highest BCUT2D eigenvalue weighted by Gasteiger charge is 2.56. The number of rotatable bonds is 7. The number of benzene rings is 2. The Kier molecular flexibility index (Phi) is 5.88. The van der Waals surface area contributed by atoms with Crippen LogP contribution in [0.15, 0.2) is 79.4 Å². The summed E-state index contributed by atoms with van der Waals surface area (Å²) in [5.41, 5.74) is 1.24. The lowest BCUT2D eigenvalue weighted by Crippen LogP contribution is -2.35. The van der Waals surface area contributed by atoms with Gasteiger partial charge in [-0.05, 0) is 43.2 Å². The van der Waals surface area contributed by atoms with Gasteiger partial charge in [-0.15, -0.1) is 11.3 Å². The Morgan fingerprint density at radius 3 is 2.42 bits per heavy atom. The quantitative estimate of drug-likeness (QED) is 0.254. The number of para-hydroxylation sites is 1. The Morgan fingerprint density at radius 2 is 1.74 bits per heavy atom. The summed E-state index contributed by atoms with van der Waals surface area (Å²) in [6.45, 7) is 0. The van der Waals surface area contributed by atoms with Gasteiger partial charge in [0.05, 0.1) is 27.1 Å². The molecule has 8 nitrogen and oxygen atoms in total. The first kappa shape index (κ1) is 23.8. The third-order valence-corrected chi connectivity index (χ3v) is 7.56. The Hall–Kier alpha value is -4.57. The van der Waals surface area contributed by atoms with Gasteiger partial charge in [0.1, 0.15) is 11.2 Å². The Balaban J connectivity index is 1.17. The minimum Gasteiger partial charge on any atom is -0.453 e. The molecule has 0 bridgehead atoms. The van der Waals surface area contributed by atoms with E-state index in [1.165, 1.54) is 23.5 Å². The largest absolute Gasteiger partial charge is 0.453 e. The number of hydrogen-bond acceptors (Lipinski definition) is 6. The number of ether oxygens (including phenoxy) is 1. The van der Waals surface area contributed by atoms with E-state index in [0.29, 0.717) is 24.3 Å². The van der Waals surface area contributed by atoms with Crippen molar-refractivity contribution >= 4 is 44.7 Å². The Bertz CT molecular complexity index is 1680. The van der Waals surface area contributed by atoms with Crippen LogP contribution in [0.25, 0.3) is 20.8 Å². The van der Waals surface area contributed by atoms with Crippen LogP contribution in [0, 0.1) is 11.2 Å². The monoisotopic (exact) mass is 527 g/mol. The summed E-state index contributed by atoms with van der Waals surface area (Å²) in [4.78, 5) is 35.4. The van der Waals surface area contributed by atoms with Crippen molar-refractivity contribution in [2.75, 3.05) is 10.6 Å². The van der Waals surface area contributed by atoms with Gasteiger partial charge in [0, 0.05) is 42.9 Å². The number of amides is 2. The van der Waals surface area contributed by atoms with E-state index >= 15 is 4.39 Å². The number of anilines is 2. The van der Waals surface area contributed by atoms with Crippen molar-refractivity contribution in [2.24, 2.45) is 12.5 Å². The van der Waals surface area contributed by atoms with Gasteiger partial charge in [-0.2, -0.15) is 0 Å². The summed E-state index contributed by atoms with van der Waals surface area (Å²) in [7, 11) is 1.90. The summed E-state index contributed by atoms with van der Waals surface area (Å²) < 4.78 is 23.6. The molecular weight excluding hydrogens is 505 g/mol. The molecule has 2 N–H and O–H groups in total. The lowest BCUT2D eigenvalue weighted by atomic mass is 10.0. The van der Waals surface area contributed by atoms with Gasteiger partial charge in [0.2, 0.25) is 11.8 Å². The molecular formula is C28H22FN5O3S. The van der Waals surface area contributed by atoms with E-state index in [4.69, 9.17) is 4.74 Å². The third kappa shape index (κ3) is 4.50. The van der Waals surface area contributed by atoms with Gasteiger partial charge >= 0.3 is 0 Å². The topological polar surface area (TPSA) is 98.1 Å². The van der Waals surface area contributed by atoms with Crippen LogP contribution in [-0.4, -0.2) is 26.3 Å². The first-order valence-corrected chi connectivity index (χ1v) is 12.8. The molecule has 10 heteroatoms. The van der Waals surface area contributed by atoms with E-state index in [-0.39, 0.29) is 17.3 Å². The van der Waals surface area contributed by atoms with Crippen LogP contribution < -0.4 is 15.4 Å². The normalized spacial score (nSPS) is 13.7. The number of pyridine rings is 1. The molecule has 6 rings (SSSR count). The average molecular weight is 528 g/mol. The van der Waals surface area contributed by atoms with Crippen molar-refractivity contribution in [3.63, 3.8) is 0 Å². The Labute approximate surface area is 221 Å². The van der Waals surface area contributed by atoms with Crippen molar-refractivity contribution in [3.05, 3.63) is 85.2 Å². The number of aromatic nitrogens is 3. The van der Waals surface area contributed by atoms with Crippen LogP contribution in [0.5, 0.6) is 11.5 Å². The molecule has 0 aliphatic heterocycles. The molecule has 38 heavy (non-hydrogen) atoms. The molecule has 1 saturated carbocycles. The number of carbonyl (C=O) groups excluding carboxylic acids is 2. The number of halogens is 1. The Morgan fingerprint density at radius 1 is 0.974 bits per heavy atom. The molecule has 3 aromatic heterocycles. The summed E-state index contributed by atoms with van der Waals surface area (Å²) in [6.07, 6.45) is 6.10. The minimum atomic E-state index is -1.16. The van der Waals surface area contributed by atoms with E-state index < -0.39 is 17.1 Å². The van der Waals surface area contributed by atoms with Crippen molar-refractivity contribution in [1.29, 1.82) is 0 Å². The van der Waals surface area contributed by atoms with Crippen molar-refractivity contribution < 1.29 is 18.7 Å². The van der Waals surface area contributed by atoms with Crippen molar-refractivity contribution in [3.8, 4) is 22.1 Å². The molecule has 0 spiro atoms. The third-order valence-electron chi connectivity index (χ3n) is 6.39. The fraction of sp³-hybridized carbons (Fsp3) is 0.143. The zero-order valence-corrected chi connectivity index (χ0v) is 21.1. The second-order valence-corrected chi connectivity index (χ2v) is 10.2. The molecule has 2 aromatic carbocycles. The summed E-state index contributed by atoms with van der Waals surface area (Å²) >= 11 is 1.46. The summed E-state index contributed by atoms with van der Waals surface area (Å²) in [6, 6.07) is 16.7. The molecule has 0 saturated heterocycles. The lowest BCUT2D eigenvalue weighted by molar-refractivity contribution is -0.131. The standard InChI is InChI=1S/C28H22FN5O3S/c1-34-15-21(31-16-34)24-14-20-25(38-24)23(9-12-30-20)37-22-8-7-18(13-19(22)29)33-27(36)28(10-11-28)26(35)32-17-5-3-2-4-6-17/h2-9,12-16H,10-11H2,1H3,(H,32,35)(H,33,36). The molecule has 2 amide bonds. The van der Waals surface area contributed by atoms with Crippen LogP contribution in [0.3, 0.4) is 0 Å². The molecule has 0 atom stereocenters. The molecule has 1 fully saturated rings. The van der Waals surface area contributed by atoms with Gasteiger partial charge in [-0.3, -0.25) is 14.6 Å². The first-order valence-electron chi connectivity index (χ1n) is 11.9. The van der Waals surface area contributed by atoms with E-state index in [1.54, 1.807) is 48.9 Å². The maximum Gasteiger partial charge on any atom is 0.240 e. The zero-order valence-electron chi connectivity index (χ0n) is 20.3. The number of nitrogens with zero attached hydrogens (tertiary/aromatic N) is 3. The van der Waals surface area contributed by atoms with Gasteiger partial charge in [0.15, 0.2) is 11.6 Å². The van der Waals surface area contributed by atoms with E-state index in [0.717, 1.165) is 20.8 Å². The smallest absolute Gasteiger partial charge is 0.240 e. The maximum atomic E-state index is 15.0. The minimum absolute atomic E-state index is 0.00578. The highest BCUT2D eigenvalue weighted by Crippen LogP contribution is 2.47. The van der Waals surface area contributed by atoms with Crippen LogP contribution >= 0.6 is 11.3 Å². The second kappa shape index (κ2) is 9.38. The SMILES string of the molecule is Cn1cnc(-c2cc3nccc(Oc4ccc(NC(=O)C5(C(=O)Nc6ccccc6)CC5)cc4F)c3s2)c1. The molecule has 3 heterocycles. The van der Waals surface area contributed by atoms with Gasteiger partial charge < -0.3 is 19.9 Å². The number of fused-ring (bicyclic) bond motifs is 1. The molecule has 190 valence electrons. The highest BCUT2D eigenvalue weighted by molar-refractivity contribution is 7.22. The number of carbonyl (C=O) groups is 2. The molecule has 0 unspecified atom stereocenters. The van der Waals surface area contributed by atoms with Gasteiger partial charge in [0.25, 0.3) is 0 Å². The predicted molar refractivity (Wildman–Crippen MR) is 144 cm³/mol. The number of hydrogen-bond donors (Lipinski definition) is 2. The van der Waals surface area contributed by atoms with Crippen molar-refractivity contribution in [2.45, 2.75) is 12.8 Å². The second-order valence-electron chi connectivity index (χ2n) is 9.16. The number of nitrogens with one attached hydrogen (secondary N) is 2. The fourth-order valence-electron chi connectivity index (χ4n) is 4.15. The highest BCUT2D eigenvalue weighted by atomic mass is 32.1. The summed E-state index contributed by atoms with van der Waals surface area (Å²) in [5, 5.41) is 5.47. The van der Waals surface area contributed by atoms with Crippen LogP contribution in [0.2, 0.25) is 0 Å². The first-order chi connectivity index (χ1) is 18.4. The molecule has 1 aliphatic carbocycles. The van der Waals surface area contributed by atoms with E-state index in [2.05, 4.69) is 20.6 Å². The summed E-state index contributed by atoms with van der Waals surface area (Å²) in [5.74, 6) is -1.01. The predicted octanol–water partition coefficient (Wildman–Crippen LogP) is 5.99. The number of thiophene rings is 1. The molecule has 0 radical (unpaired) electrons. The average Bonchev–Trinajstić information content (AvgIpc) is 3.43. The maximum absolute atomic E-state index is 15.0. The van der Waals surface area contributed by atoms with Crippen LogP contribution in [0.4, 0.5) is 15.8 Å². The number of imidazole rings is 1. The molecule has 1 aliphatic rings. The van der Waals surface area contributed by atoms with Gasteiger partial charge in [-0.1, -0.05) is 18.2 Å². The van der Waals surface area contributed by atoms with E-state index in [1.807, 2.05) is 29.9 Å². The van der Waals surface area contributed by atoms with Crippen LogP contribution in [-0.2, 0) is 16.6 Å². The number of aryl methyl sites for hydroxylation is 1. The van der Waals surface area contributed by atoms with Crippen LogP contribution in [0.1, 0.15) is 12.8 Å². The zero-order chi connectivity index (χ0) is 26.3. The molecule has 5 aromatic rings.